The molecule has 6 rings (SSSR count). The number of fused-ring (bicyclic) bond motifs is 1. The summed E-state index contributed by atoms with van der Waals surface area (Å²) >= 11 is 3.16. The molecule has 5 aromatic rings. The van der Waals surface area contributed by atoms with Crippen LogP contribution < -0.4 is 0 Å². The second-order valence-electron chi connectivity index (χ2n) is 8.43. The summed E-state index contributed by atoms with van der Waals surface area (Å²) in [5, 5.41) is 13.5. The maximum absolute atomic E-state index is 13.3. The van der Waals surface area contributed by atoms with E-state index in [1.807, 2.05) is 57.5 Å². The van der Waals surface area contributed by atoms with E-state index in [0.717, 1.165) is 27.7 Å². The summed E-state index contributed by atoms with van der Waals surface area (Å²) in [5.74, 6) is 1.13. The van der Waals surface area contributed by atoms with Crippen LogP contribution in [0.1, 0.15) is 23.1 Å². The van der Waals surface area contributed by atoms with Gasteiger partial charge >= 0.3 is 0 Å². The van der Waals surface area contributed by atoms with Crippen LogP contribution >= 0.6 is 22.7 Å². The highest BCUT2D eigenvalue weighted by atomic mass is 32.1. The molecular formula is C26H20FN5OS2. The molecule has 4 heterocycles. The van der Waals surface area contributed by atoms with Crippen LogP contribution in [-0.2, 0) is 13.1 Å². The van der Waals surface area contributed by atoms with Crippen LogP contribution in [0.15, 0.2) is 71.4 Å². The number of hydrogen-bond acceptors (Lipinski definition) is 6. The monoisotopic (exact) mass is 501 g/mol. The van der Waals surface area contributed by atoms with E-state index in [-0.39, 0.29) is 17.8 Å². The molecule has 2 aromatic carbocycles. The lowest BCUT2D eigenvalue weighted by Gasteiger charge is -2.34. The van der Waals surface area contributed by atoms with Crippen molar-refractivity contribution in [3.05, 3.63) is 88.6 Å². The Bertz CT molecular complexity index is 1490. The first-order valence-corrected chi connectivity index (χ1v) is 12.9. The molecule has 0 saturated carbocycles. The van der Waals surface area contributed by atoms with Gasteiger partial charge < -0.3 is 9.47 Å². The molecule has 0 aliphatic carbocycles. The van der Waals surface area contributed by atoms with Gasteiger partial charge in [-0.2, -0.15) is 0 Å². The molecule has 0 N–H and O–H groups in total. The molecule has 1 amide bonds. The van der Waals surface area contributed by atoms with E-state index in [4.69, 9.17) is 4.98 Å². The highest BCUT2D eigenvalue weighted by Gasteiger charge is 2.31. The number of rotatable bonds is 4. The molecule has 0 spiro atoms. The Morgan fingerprint density at radius 3 is 2.51 bits per heavy atom. The van der Waals surface area contributed by atoms with Gasteiger partial charge in [-0.15, -0.1) is 32.9 Å². The first-order chi connectivity index (χ1) is 17.1. The molecule has 0 fully saturated rings. The van der Waals surface area contributed by atoms with Gasteiger partial charge in [0.15, 0.2) is 11.6 Å². The lowest BCUT2D eigenvalue weighted by molar-refractivity contribution is 0.0611. The fourth-order valence-electron chi connectivity index (χ4n) is 4.26. The van der Waals surface area contributed by atoms with Crippen LogP contribution in [0.25, 0.3) is 32.5 Å². The number of benzene rings is 2. The van der Waals surface area contributed by atoms with Crippen molar-refractivity contribution in [3.8, 4) is 32.5 Å². The Morgan fingerprint density at radius 2 is 1.77 bits per heavy atom. The largest absolute Gasteiger partial charge is 0.327 e. The van der Waals surface area contributed by atoms with Crippen molar-refractivity contribution in [1.82, 2.24) is 24.6 Å². The van der Waals surface area contributed by atoms with E-state index in [0.29, 0.717) is 24.5 Å². The highest BCUT2D eigenvalue weighted by molar-refractivity contribution is 7.13. The molecule has 0 radical (unpaired) electrons. The number of hydrogen-bond donors (Lipinski definition) is 0. The molecule has 0 saturated heterocycles. The van der Waals surface area contributed by atoms with Crippen molar-refractivity contribution < 1.29 is 9.18 Å². The highest BCUT2D eigenvalue weighted by Crippen LogP contribution is 2.31. The second kappa shape index (κ2) is 8.83. The van der Waals surface area contributed by atoms with Crippen molar-refractivity contribution in [1.29, 1.82) is 0 Å². The summed E-state index contributed by atoms with van der Waals surface area (Å²) in [7, 11) is 0. The zero-order chi connectivity index (χ0) is 23.9. The minimum atomic E-state index is -0.274. The van der Waals surface area contributed by atoms with E-state index in [2.05, 4.69) is 16.3 Å². The standard InChI is InChI=1S/C26H20FN5OS2/c1-16-13-32-23(14-31(16)26(33)19-6-4-17(5-7-19)22-3-2-12-34-22)29-30-24(32)21-15-35-25(28-21)18-8-10-20(27)11-9-18/h2-12,15-16H,13-14H2,1H3. The number of aromatic nitrogens is 4. The van der Waals surface area contributed by atoms with Crippen molar-refractivity contribution in [3.63, 3.8) is 0 Å². The molecule has 174 valence electrons. The Labute approximate surface area is 209 Å². The van der Waals surface area contributed by atoms with Gasteiger partial charge in [-0.1, -0.05) is 18.2 Å². The molecule has 1 unspecified atom stereocenters. The van der Waals surface area contributed by atoms with Crippen LogP contribution in [0.4, 0.5) is 4.39 Å². The predicted octanol–water partition coefficient (Wildman–Crippen LogP) is 5.98. The van der Waals surface area contributed by atoms with Crippen LogP contribution in [0.5, 0.6) is 0 Å². The van der Waals surface area contributed by atoms with Crippen LogP contribution in [0.3, 0.4) is 0 Å². The summed E-state index contributed by atoms with van der Waals surface area (Å²) in [4.78, 5) is 21.0. The van der Waals surface area contributed by atoms with Crippen molar-refractivity contribution in [2.45, 2.75) is 26.1 Å². The fourth-order valence-corrected chi connectivity index (χ4v) is 5.80. The average Bonchev–Trinajstić information content (AvgIpc) is 3.64. The molecule has 1 aliphatic heterocycles. The fraction of sp³-hybridized carbons (Fsp3) is 0.154. The molecule has 3 aromatic heterocycles. The van der Waals surface area contributed by atoms with Crippen molar-refractivity contribution in [2.24, 2.45) is 0 Å². The summed E-state index contributed by atoms with van der Waals surface area (Å²) in [6.07, 6.45) is 0. The van der Waals surface area contributed by atoms with E-state index >= 15 is 0 Å². The molecule has 1 aliphatic rings. The number of amides is 1. The van der Waals surface area contributed by atoms with Gasteiger partial charge in [0.2, 0.25) is 0 Å². The first-order valence-electron chi connectivity index (χ1n) is 11.2. The minimum absolute atomic E-state index is 0.0155. The van der Waals surface area contributed by atoms with Gasteiger partial charge in [-0.05, 0) is 60.3 Å². The van der Waals surface area contributed by atoms with E-state index < -0.39 is 0 Å². The van der Waals surface area contributed by atoms with E-state index in [1.165, 1.54) is 28.3 Å². The minimum Gasteiger partial charge on any atom is -0.327 e. The maximum atomic E-state index is 13.3. The summed E-state index contributed by atoms with van der Waals surface area (Å²) in [6, 6.07) is 18.1. The number of nitrogens with zero attached hydrogens (tertiary/aromatic N) is 5. The number of carbonyl (C=O) groups excluding carboxylic acids is 1. The molecule has 9 heteroatoms. The maximum Gasteiger partial charge on any atom is 0.254 e. The normalized spacial score (nSPS) is 15.3. The third kappa shape index (κ3) is 4.06. The lowest BCUT2D eigenvalue weighted by Crippen LogP contribution is -2.45. The Hall–Kier alpha value is -3.69. The quantitative estimate of drug-likeness (QED) is 0.304. The zero-order valence-corrected chi connectivity index (χ0v) is 20.4. The van der Waals surface area contributed by atoms with E-state index in [9.17, 15) is 9.18 Å². The number of carbonyl (C=O) groups is 1. The molecule has 1 atom stereocenters. The molecule has 35 heavy (non-hydrogen) atoms. The van der Waals surface area contributed by atoms with Crippen LogP contribution in [0.2, 0.25) is 0 Å². The van der Waals surface area contributed by atoms with Gasteiger partial charge in [-0.3, -0.25) is 4.79 Å². The Balaban J connectivity index is 1.23. The number of thiazole rings is 1. The van der Waals surface area contributed by atoms with Gasteiger partial charge in [0.1, 0.15) is 16.5 Å². The summed E-state index contributed by atoms with van der Waals surface area (Å²) in [6.45, 7) is 3.00. The summed E-state index contributed by atoms with van der Waals surface area (Å²) < 4.78 is 15.3. The predicted molar refractivity (Wildman–Crippen MR) is 136 cm³/mol. The molecule has 6 nitrogen and oxygen atoms in total. The SMILES string of the molecule is CC1Cn2c(nnc2-c2csc(-c3ccc(F)cc3)n2)CN1C(=O)c1ccc(-c2cccs2)cc1. The number of halogens is 1. The van der Waals surface area contributed by atoms with Gasteiger partial charge in [-0.25, -0.2) is 9.37 Å². The summed E-state index contributed by atoms with van der Waals surface area (Å²) in [5.41, 5.74) is 3.35. The van der Waals surface area contributed by atoms with Crippen molar-refractivity contribution in [2.75, 3.05) is 0 Å². The molecule has 0 bridgehead atoms. The number of thiophene rings is 1. The van der Waals surface area contributed by atoms with Gasteiger partial charge in [0, 0.05) is 34.0 Å². The van der Waals surface area contributed by atoms with Gasteiger partial charge in [0.25, 0.3) is 5.91 Å². The van der Waals surface area contributed by atoms with Gasteiger partial charge in [0.05, 0.1) is 6.54 Å². The Kier molecular flexibility index (Phi) is 5.50. The van der Waals surface area contributed by atoms with Crippen LogP contribution in [-0.4, -0.2) is 36.6 Å². The second-order valence-corrected chi connectivity index (χ2v) is 10.2. The van der Waals surface area contributed by atoms with E-state index in [1.54, 1.807) is 23.5 Å². The lowest BCUT2D eigenvalue weighted by atomic mass is 10.1. The Morgan fingerprint density at radius 1 is 1.00 bits per heavy atom. The van der Waals surface area contributed by atoms with Crippen molar-refractivity contribution >= 4 is 28.6 Å². The first kappa shape index (κ1) is 21.8. The van der Waals surface area contributed by atoms with Crippen LogP contribution in [0, 0.1) is 5.82 Å². The topological polar surface area (TPSA) is 63.9 Å². The zero-order valence-electron chi connectivity index (χ0n) is 18.8. The third-order valence-corrected chi connectivity index (χ3v) is 7.95. The molecular weight excluding hydrogens is 481 g/mol. The smallest absolute Gasteiger partial charge is 0.254 e. The average molecular weight is 502 g/mol. The third-order valence-electron chi connectivity index (χ3n) is 6.14.